The summed E-state index contributed by atoms with van der Waals surface area (Å²) in [6.07, 6.45) is 6.62. The molecule has 16 heavy (non-hydrogen) atoms. The Morgan fingerprint density at radius 1 is 1.44 bits per heavy atom. The number of carbonyl (C=O) groups is 1. The van der Waals surface area contributed by atoms with E-state index in [-0.39, 0.29) is 30.3 Å². The molecule has 2 fully saturated rings. The molecule has 0 spiro atoms. The second-order valence-electron chi connectivity index (χ2n) is 5.65. The molecule has 2 saturated carbocycles. The van der Waals surface area contributed by atoms with Crippen LogP contribution in [0.1, 0.15) is 45.4 Å². The summed E-state index contributed by atoms with van der Waals surface area (Å²) in [7, 11) is 0. The molecular formula is C12H23ClN2O. The zero-order chi connectivity index (χ0) is 10.9. The van der Waals surface area contributed by atoms with Crippen LogP contribution in [0.3, 0.4) is 0 Å². The number of nitrogens with one attached hydrogen (secondary N) is 1. The van der Waals surface area contributed by atoms with Gasteiger partial charge in [0, 0.05) is 18.5 Å². The minimum absolute atomic E-state index is 0. The highest BCUT2D eigenvalue weighted by atomic mass is 35.5. The van der Waals surface area contributed by atoms with Crippen LogP contribution < -0.4 is 11.1 Å². The monoisotopic (exact) mass is 246 g/mol. The molecule has 0 aromatic rings. The van der Waals surface area contributed by atoms with E-state index in [9.17, 15) is 4.79 Å². The smallest absolute Gasteiger partial charge is 0.223 e. The average Bonchev–Trinajstić information content (AvgIpc) is 2.94. The maximum absolute atomic E-state index is 11.9. The fraction of sp³-hybridized carbons (Fsp3) is 0.917. The molecule has 2 aliphatic rings. The van der Waals surface area contributed by atoms with E-state index < -0.39 is 0 Å². The highest BCUT2D eigenvalue weighted by Gasteiger charge is 2.38. The molecule has 3 nitrogen and oxygen atoms in total. The molecule has 4 heteroatoms. The molecule has 0 bridgehead atoms. The van der Waals surface area contributed by atoms with Crippen LogP contribution in [0.15, 0.2) is 0 Å². The molecule has 3 N–H and O–H groups in total. The van der Waals surface area contributed by atoms with Crippen molar-refractivity contribution in [2.24, 2.45) is 17.1 Å². The maximum Gasteiger partial charge on any atom is 0.223 e. The predicted octanol–water partition coefficient (Wildman–Crippen LogP) is 1.84. The van der Waals surface area contributed by atoms with Crippen molar-refractivity contribution in [3.8, 4) is 0 Å². The predicted molar refractivity (Wildman–Crippen MR) is 67.5 cm³/mol. The SMILES string of the molecule is CC1(CNC(=O)C2CCCC(N)C2)CC1.Cl. The molecule has 1 amide bonds. The third-order valence-corrected chi connectivity index (χ3v) is 3.88. The molecule has 0 aromatic carbocycles. The van der Waals surface area contributed by atoms with Gasteiger partial charge in [-0.2, -0.15) is 0 Å². The lowest BCUT2D eigenvalue weighted by Gasteiger charge is -2.26. The van der Waals surface area contributed by atoms with Gasteiger partial charge in [0.05, 0.1) is 0 Å². The summed E-state index contributed by atoms with van der Waals surface area (Å²) in [4.78, 5) is 11.9. The van der Waals surface area contributed by atoms with Gasteiger partial charge in [-0.15, -0.1) is 12.4 Å². The maximum atomic E-state index is 11.9. The van der Waals surface area contributed by atoms with Gasteiger partial charge in [0.1, 0.15) is 0 Å². The molecule has 0 aliphatic heterocycles. The molecule has 0 aromatic heterocycles. The van der Waals surface area contributed by atoms with Gasteiger partial charge < -0.3 is 11.1 Å². The van der Waals surface area contributed by atoms with Crippen LogP contribution in [-0.2, 0) is 4.79 Å². The van der Waals surface area contributed by atoms with E-state index in [0.29, 0.717) is 5.41 Å². The van der Waals surface area contributed by atoms with Crippen LogP contribution in [0.5, 0.6) is 0 Å². The zero-order valence-electron chi connectivity index (χ0n) is 10.00. The van der Waals surface area contributed by atoms with Gasteiger partial charge in [0.15, 0.2) is 0 Å². The molecule has 2 atom stereocenters. The van der Waals surface area contributed by atoms with Gasteiger partial charge in [-0.25, -0.2) is 0 Å². The number of rotatable bonds is 3. The largest absolute Gasteiger partial charge is 0.355 e. The number of amides is 1. The fourth-order valence-electron chi connectivity index (χ4n) is 2.30. The summed E-state index contributed by atoms with van der Waals surface area (Å²) in [5.74, 6) is 0.411. The summed E-state index contributed by atoms with van der Waals surface area (Å²) < 4.78 is 0. The number of hydrogen-bond donors (Lipinski definition) is 2. The summed E-state index contributed by atoms with van der Waals surface area (Å²) in [6.45, 7) is 3.09. The van der Waals surface area contributed by atoms with Gasteiger partial charge in [0.2, 0.25) is 5.91 Å². The number of nitrogens with two attached hydrogens (primary N) is 1. The van der Waals surface area contributed by atoms with Gasteiger partial charge in [-0.3, -0.25) is 4.79 Å². The Balaban J connectivity index is 0.00000128. The first-order chi connectivity index (χ1) is 7.09. The highest BCUT2D eigenvalue weighted by Crippen LogP contribution is 2.44. The minimum atomic E-state index is 0. The Labute approximate surface area is 104 Å². The summed E-state index contributed by atoms with van der Waals surface area (Å²) >= 11 is 0. The van der Waals surface area contributed by atoms with Gasteiger partial charge in [-0.1, -0.05) is 13.3 Å². The Kier molecular flexibility index (Phi) is 4.62. The molecule has 94 valence electrons. The van der Waals surface area contributed by atoms with E-state index in [0.717, 1.165) is 32.2 Å². The Morgan fingerprint density at radius 2 is 2.12 bits per heavy atom. The third kappa shape index (κ3) is 3.63. The third-order valence-electron chi connectivity index (χ3n) is 3.88. The first kappa shape index (κ1) is 13.8. The Bertz CT molecular complexity index is 253. The Hall–Kier alpha value is -0.280. The van der Waals surface area contributed by atoms with Crippen molar-refractivity contribution in [3.05, 3.63) is 0 Å². The van der Waals surface area contributed by atoms with Gasteiger partial charge in [-0.05, 0) is 37.5 Å². The van der Waals surface area contributed by atoms with Crippen molar-refractivity contribution in [1.29, 1.82) is 0 Å². The average molecular weight is 247 g/mol. The van der Waals surface area contributed by atoms with Gasteiger partial charge >= 0.3 is 0 Å². The van der Waals surface area contributed by atoms with Crippen molar-refractivity contribution >= 4 is 18.3 Å². The second kappa shape index (κ2) is 5.37. The minimum Gasteiger partial charge on any atom is -0.355 e. The fourth-order valence-corrected chi connectivity index (χ4v) is 2.30. The molecule has 2 aliphatic carbocycles. The van der Waals surface area contributed by atoms with E-state index in [1.165, 1.54) is 12.8 Å². The Morgan fingerprint density at radius 3 is 2.69 bits per heavy atom. The number of hydrogen-bond acceptors (Lipinski definition) is 2. The van der Waals surface area contributed by atoms with Crippen LogP contribution >= 0.6 is 12.4 Å². The van der Waals surface area contributed by atoms with Crippen LogP contribution in [-0.4, -0.2) is 18.5 Å². The topological polar surface area (TPSA) is 55.1 Å². The molecule has 0 saturated heterocycles. The van der Waals surface area contributed by atoms with Crippen molar-refractivity contribution in [3.63, 3.8) is 0 Å². The first-order valence-electron chi connectivity index (χ1n) is 6.12. The van der Waals surface area contributed by atoms with Crippen LogP contribution in [0.25, 0.3) is 0 Å². The normalized spacial score (nSPS) is 31.4. The van der Waals surface area contributed by atoms with E-state index >= 15 is 0 Å². The first-order valence-corrected chi connectivity index (χ1v) is 6.12. The van der Waals surface area contributed by atoms with Crippen molar-refractivity contribution in [2.45, 2.75) is 51.5 Å². The summed E-state index contributed by atoms with van der Waals surface area (Å²) in [5, 5.41) is 3.08. The van der Waals surface area contributed by atoms with Crippen molar-refractivity contribution in [1.82, 2.24) is 5.32 Å². The lowest BCUT2D eigenvalue weighted by Crippen LogP contribution is -2.39. The quantitative estimate of drug-likeness (QED) is 0.799. The lowest BCUT2D eigenvalue weighted by atomic mass is 9.85. The van der Waals surface area contributed by atoms with E-state index in [1.807, 2.05) is 0 Å². The van der Waals surface area contributed by atoms with Gasteiger partial charge in [0.25, 0.3) is 0 Å². The number of halogens is 1. The zero-order valence-corrected chi connectivity index (χ0v) is 10.8. The van der Waals surface area contributed by atoms with Crippen molar-refractivity contribution in [2.75, 3.05) is 6.54 Å². The van der Waals surface area contributed by atoms with E-state index in [1.54, 1.807) is 0 Å². The van der Waals surface area contributed by atoms with E-state index in [2.05, 4.69) is 12.2 Å². The highest BCUT2D eigenvalue weighted by molar-refractivity contribution is 5.85. The van der Waals surface area contributed by atoms with Crippen LogP contribution in [0.2, 0.25) is 0 Å². The number of carbonyl (C=O) groups excluding carboxylic acids is 1. The van der Waals surface area contributed by atoms with Crippen LogP contribution in [0, 0.1) is 11.3 Å². The molecular weight excluding hydrogens is 224 g/mol. The second-order valence-corrected chi connectivity index (χ2v) is 5.65. The molecule has 0 radical (unpaired) electrons. The van der Waals surface area contributed by atoms with Crippen molar-refractivity contribution < 1.29 is 4.79 Å². The standard InChI is InChI=1S/C12H22N2O.ClH/c1-12(5-6-12)8-14-11(15)9-3-2-4-10(13)7-9;/h9-10H,2-8,13H2,1H3,(H,14,15);1H. The molecule has 0 heterocycles. The molecule has 2 rings (SSSR count). The van der Waals surface area contributed by atoms with Crippen LogP contribution in [0.4, 0.5) is 0 Å². The lowest BCUT2D eigenvalue weighted by molar-refractivity contribution is -0.126. The molecule has 2 unspecified atom stereocenters. The summed E-state index contributed by atoms with van der Waals surface area (Å²) in [5.41, 5.74) is 6.29. The van der Waals surface area contributed by atoms with E-state index in [4.69, 9.17) is 5.73 Å². The summed E-state index contributed by atoms with van der Waals surface area (Å²) in [6, 6.07) is 0.242.